The molecule has 1 atom stereocenters. The van der Waals surface area contributed by atoms with E-state index in [2.05, 4.69) is 11.4 Å². The zero-order valence-corrected chi connectivity index (χ0v) is 19.2. The zero-order valence-electron chi connectivity index (χ0n) is 18.5. The van der Waals surface area contributed by atoms with E-state index in [9.17, 15) is 10.1 Å². The number of halogens is 1. The molecule has 0 radical (unpaired) electrons. The van der Waals surface area contributed by atoms with Gasteiger partial charge in [-0.25, -0.2) is 0 Å². The monoisotopic (exact) mass is 462 g/mol. The molecule has 0 bridgehead atoms. The second-order valence-electron chi connectivity index (χ2n) is 6.99. The lowest BCUT2D eigenvalue weighted by atomic mass is 9.92. The van der Waals surface area contributed by atoms with Crippen molar-refractivity contribution in [2.75, 3.05) is 26.6 Å². The van der Waals surface area contributed by atoms with Crippen molar-refractivity contribution in [2.45, 2.75) is 5.92 Å². The van der Waals surface area contributed by atoms with Crippen molar-refractivity contribution in [1.29, 1.82) is 5.26 Å². The molecule has 0 aliphatic carbocycles. The van der Waals surface area contributed by atoms with Crippen LogP contribution in [0.4, 0.5) is 5.69 Å². The molecule has 1 N–H and O–H groups in total. The number of carbonyl (C=O) groups excluding carboxylic acids is 1. The fourth-order valence-electron chi connectivity index (χ4n) is 3.36. The molecule has 1 unspecified atom stereocenters. The maximum atomic E-state index is 12.4. The second-order valence-corrected chi connectivity index (χ2v) is 7.40. The molecule has 0 spiro atoms. The number of anilines is 1. The van der Waals surface area contributed by atoms with Crippen LogP contribution >= 0.6 is 11.6 Å². The molecule has 3 rings (SSSR count). The van der Waals surface area contributed by atoms with Crippen LogP contribution in [0.3, 0.4) is 0 Å². The standard InChI is InChI=1S/C26H23ClN2O4/c1-31-23-13-17(14-24(32-2)26(23)33-3)9-12-25(30)29-19-10-11-20(22(27)15-19)21(16-28)18-7-5-4-6-8-18/h4-15,21H,1-3H3,(H,29,30)/b12-9+. The highest BCUT2D eigenvalue weighted by molar-refractivity contribution is 6.31. The third-order valence-corrected chi connectivity index (χ3v) is 5.28. The van der Waals surface area contributed by atoms with Gasteiger partial charge < -0.3 is 19.5 Å². The number of ether oxygens (including phenoxy) is 3. The van der Waals surface area contributed by atoms with Crippen molar-refractivity contribution < 1.29 is 19.0 Å². The fourth-order valence-corrected chi connectivity index (χ4v) is 3.65. The van der Waals surface area contributed by atoms with Gasteiger partial charge in [0.2, 0.25) is 11.7 Å². The van der Waals surface area contributed by atoms with Crippen LogP contribution in [0.1, 0.15) is 22.6 Å². The lowest BCUT2D eigenvalue weighted by molar-refractivity contribution is -0.111. The Morgan fingerprint density at radius 3 is 2.21 bits per heavy atom. The Morgan fingerprint density at radius 1 is 1.00 bits per heavy atom. The molecule has 0 saturated carbocycles. The normalized spacial score (nSPS) is 11.5. The van der Waals surface area contributed by atoms with Crippen LogP contribution in [0.5, 0.6) is 17.2 Å². The third kappa shape index (κ3) is 5.65. The smallest absolute Gasteiger partial charge is 0.248 e. The summed E-state index contributed by atoms with van der Waals surface area (Å²) in [6, 6.07) is 20.3. The van der Waals surface area contributed by atoms with E-state index >= 15 is 0 Å². The average molecular weight is 463 g/mol. The van der Waals surface area contributed by atoms with Crippen molar-refractivity contribution in [3.8, 4) is 23.3 Å². The molecule has 0 aliphatic rings. The summed E-state index contributed by atoms with van der Waals surface area (Å²) in [6.07, 6.45) is 3.03. The molecular weight excluding hydrogens is 440 g/mol. The summed E-state index contributed by atoms with van der Waals surface area (Å²) in [4.78, 5) is 12.4. The van der Waals surface area contributed by atoms with E-state index in [1.54, 1.807) is 36.4 Å². The van der Waals surface area contributed by atoms with Gasteiger partial charge in [0.1, 0.15) is 0 Å². The molecule has 0 aliphatic heterocycles. The second kappa shape index (κ2) is 11.1. The van der Waals surface area contributed by atoms with Crippen LogP contribution in [0.25, 0.3) is 6.08 Å². The summed E-state index contributed by atoms with van der Waals surface area (Å²) in [5.41, 5.74) is 2.75. The van der Waals surface area contributed by atoms with Gasteiger partial charge in [-0.2, -0.15) is 5.26 Å². The molecule has 3 aromatic rings. The maximum absolute atomic E-state index is 12.4. The van der Waals surface area contributed by atoms with Gasteiger partial charge in [0.15, 0.2) is 11.5 Å². The predicted octanol–water partition coefficient (Wildman–Crippen LogP) is 5.67. The summed E-state index contributed by atoms with van der Waals surface area (Å²) in [6.45, 7) is 0. The first kappa shape index (κ1) is 23.7. The first-order valence-corrected chi connectivity index (χ1v) is 10.4. The van der Waals surface area contributed by atoms with Gasteiger partial charge >= 0.3 is 0 Å². The van der Waals surface area contributed by atoms with E-state index in [0.29, 0.717) is 39.1 Å². The third-order valence-electron chi connectivity index (χ3n) is 4.96. The number of benzene rings is 3. The largest absolute Gasteiger partial charge is 0.493 e. The van der Waals surface area contributed by atoms with Gasteiger partial charge in [0.05, 0.1) is 33.3 Å². The summed E-state index contributed by atoms with van der Waals surface area (Å²) < 4.78 is 16.0. The first-order valence-electron chi connectivity index (χ1n) is 10.0. The number of rotatable bonds is 8. The van der Waals surface area contributed by atoms with Gasteiger partial charge in [-0.3, -0.25) is 4.79 Å². The van der Waals surface area contributed by atoms with E-state index in [1.165, 1.54) is 27.4 Å². The van der Waals surface area contributed by atoms with Crippen molar-refractivity contribution in [1.82, 2.24) is 0 Å². The van der Waals surface area contributed by atoms with E-state index in [-0.39, 0.29) is 5.91 Å². The van der Waals surface area contributed by atoms with Crippen molar-refractivity contribution in [3.05, 3.63) is 88.5 Å². The highest BCUT2D eigenvalue weighted by Gasteiger charge is 2.17. The Morgan fingerprint density at radius 2 is 1.67 bits per heavy atom. The first-order chi connectivity index (χ1) is 16.0. The Bertz CT molecular complexity index is 1180. The van der Waals surface area contributed by atoms with Crippen LogP contribution in [0, 0.1) is 11.3 Å². The number of nitriles is 1. The zero-order chi connectivity index (χ0) is 23.8. The van der Waals surface area contributed by atoms with E-state index in [0.717, 1.165) is 5.56 Å². The Balaban J connectivity index is 1.75. The molecule has 0 saturated heterocycles. The maximum Gasteiger partial charge on any atom is 0.248 e. The predicted molar refractivity (Wildman–Crippen MR) is 129 cm³/mol. The van der Waals surface area contributed by atoms with Crippen LogP contribution < -0.4 is 19.5 Å². The van der Waals surface area contributed by atoms with Crippen molar-refractivity contribution in [3.63, 3.8) is 0 Å². The molecular formula is C26H23ClN2O4. The van der Waals surface area contributed by atoms with Crippen molar-refractivity contribution >= 4 is 29.3 Å². The number of amides is 1. The average Bonchev–Trinajstić information content (AvgIpc) is 2.84. The van der Waals surface area contributed by atoms with Crippen LogP contribution in [-0.4, -0.2) is 27.2 Å². The van der Waals surface area contributed by atoms with Gasteiger partial charge in [0.25, 0.3) is 0 Å². The number of hydrogen-bond donors (Lipinski definition) is 1. The van der Waals surface area contributed by atoms with Crippen molar-refractivity contribution in [2.24, 2.45) is 0 Å². The van der Waals surface area contributed by atoms with E-state index in [4.69, 9.17) is 25.8 Å². The summed E-state index contributed by atoms with van der Waals surface area (Å²) in [7, 11) is 4.58. The van der Waals surface area contributed by atoms with E-state index in [1.807, 2.05) is 30.3 Å². The summed E-state index contributed by atoms with van der Waals surface area (Å²) in [5.74, 6) is 0.618. The highest BCUT2D eigenvalue weighted by atomic mass is 35.5. The molecule has 0 heterocycles. The van der Waals surface area contributed by atoms with Gasteiger partial charge in [0, 0.05) is 16.8 Å². The SMILES string of the molecule is COc1cc(/C=C/C(=O)Nc2ccc(C(C#N)c3ccccc3)c(Cl)c2)cc(OC)c1OC. The molecule has 6 nitrogen and oxygen atoms in total. The summed E-state index contributed by atoms with van der Waals surface area (Å²) in [5, 5.41) is 12.8. The Labute approximate surface area is 198 Å². The highest BCUT2D eigenvalue weighted by Crippen LogP contribution is 2.38. The molecule has 3 aromatic carbocycles. The molecule has 0 fully saturated rings. The van der Waals surface area contributed by atoms with Gasteiger partial charge in [-0.1, -0.05) is 48.0 Å². The minimum absolute atomic E-state index is 0.340. The molecule has 0 aromatic heterocycles. The Hall–Kier alpha value is -3.95. The van der Waals surface area contributed by atoms with Gasteiger partial charge in [-0.05, 0) is 47.0 Å². The number of nitrogens with one attached hydrogen (secondary N) is 1. The van der Waals surface area contributed by atoms with Crippen LogP contribution in [0.2, 0.25) is 5.02 Å². The van der Waals surface area contributed by atoms with Crippen LogP contribution in [-0.2, 0) is 4.79 Å². The lowest BCUT2D eigenvalue weighted by Crippen LogP contribution is -2.08. The number of nitrogens with zero attached hydrogens (tertiary/aromatic N) is 1. The minimum atomic E-state index is -0.497. The number of methoxy groups -OCH3 is 3. The molecule has 7 heteroatoms. The lowest BCUT2D eigenvalue weighted by Gasteiger charge is -2.13. The summed E-state index contributed by atoms with van der Waals surface area (Å²) >= 11 is 6.44. The van der Waals surface area contributed by atoms with Gasteiger partial charge in [-0.15, -0.1) is 0 Å². The fraction of sp³-hybridized carbons (Fsp3) is 0.154. The Kier molecular flexibility index (Phi) is 7.96. The molecule has 168 valence electrons. The van der Waals surface area contributed by atoms with Crippen LogP contribution in [0.15, 0.2) is 66.7 Å². The van der Waals surface area contributed by atoms with E-state index < -0.39 is 5.92 Å². The molecule has 1 amide bonds. The number of hydrogen-bond acceptors (Lipinski definition) is 5. The number of carbonyl (C=O) groups is 1. The molecule has 33 heavy (non-hydrogen) atoms. The quantitative estimate of drug-likeness (QED) is 0.436. The topological polar surface area (TPSA) is 80.6 Å². The minimum Gasteiger partial charge on any atom is -0.493 e.